The smallest absolute Gasteiger partial charge is 0.328 e. The van der Waals surface area contributed by atoms with E-state index in [2.05, 4.69) is 5.32 Å². The highest BCUT2D eigenvalue weighted by Gasteiger charge is 2.19. The van der Waals surface area contributed by atoms with E-state index < -0.39 is 12.0 Å². The minimum Gasteiger partial charge on any atom is -0.480 e. The largest absolute Gasteiger partial charge is 0.480 e. The van der Waals surface area contributed by atoms with Crippen molar-refractivity contribution in [2.45, 2.75) is 25.3 Å². The van der Waals surface area contributed by atoms with Gasteiger partial charge in [0.15, 0.2) is 6.04 Å². The van der Waals surface area contributed by atoms with Crippen LogP contribution in [0.1, 0.15) is 18.4 Å². The number of carbonyl (C=O) groups excluding carboxylic acids is 1. The zero-order chi connectivity index (χ0) is 15.1. The molecule has 0 aliphatic carbocycles. The molecule has 0 bridgehead atoms. The molecule has 20 heavy (non-hydrogen) atoms. The Labute approximate surface area is 130 Å². The van der Waals surface area contributed by atoms with Gasteiger partial charge in [-0.15, -0.1) is 11.3 Å². The second kappa shape index (κ2) is 8.46. The first-order valence-electron chi connectivity index (χ1n) is 5.89. The molecule has 1 aromatic rings. The number of carboxylic acids is 1. The minimum atomic E-state index is -1.12. The van der Waals surface area contributed by atoms with Crippen LogP contribution in [0.3, 0.4) is 0 Å². The molecule has 0 saturated heterocycles. The fraction of sp³-hybridized carbons (Fsp3) is 0.500. The van der Waals surface area contributed by atoms with E-state index >= 15 is 0 Å². The van der Waals surface area contributed by atoms with Crippen LogP contribution in [0.4, 0.5) is 0 Å². The summed E-state index contributed by atoms with van der Waals surface area (Å²) in [6.07, 6.45) is 1.41. The SMILES string of the molecule is COCC(NC(=O)CCCc1cc(Cl)sc1Cl)C(=O)O. The van der Waals surface area contributed by atoms with Crippen molar-refractivity contribution in [3.8, 4) is 0 Å². The highest BCUT2D eigenvalue weighted by atomic mass is 35.5. The number of amides is 1. The van der Waals surface area contributed by atoms with Gasteiger partial charge in [0.1, 0.15) is 0 Å². The highest BCUT2D eigenvalue weighted by molar-refractivity contribution is 7.20. The topological polar surface area (TPSA) is 75.6 Å². The number of methoxy groups -OCH3 is 1. The Kier molecular flexibility index (Phi) is 7.29. The van der Waals surface area contributed by atoms with Gasteiger partial charge in [-0.05, 0) is 24.5 Å². The lowest BCUT2D eigenvalue weighted by Gasteiger charge is -2.13. The van der Waals surface area contributed by atoms with Crippen molar-refractivity contribution >= 4 is 46.4 Å². The van der Waals surface area contributed by atoms with Gasteiger partial charge in [0.2, 0.25) is 5.91 Å². The Morgan fingerprint density at radius 3 is 2.70 bits per heavy atom. The van der Waals surface area contributed by atoms with Crippen molar-refractivity contribution in [2.75, 3.05) is 13.7 Å². The van der Waals surface area contributed by atoms with E-state index in [0.29, 0.717) is 21.5 Å². The number of hydrogen-bond acceptors (Lipinski definition) is 4. The minimum absolute atomic E-state index is 0.0625. The molecular weight excluding hydrogens is 325 g/mol. The van der Waals surface area contributed by atoms with Crippen molar-refractivity contribution in [1.29, 1.82) is 0 Å². The van der Waals surface area contributed by atoms with Gasteiger partial charge in [0.25, 0.3) is 0 Å². The van der Waals surface area contributed by atoms with Gasteiger partial charge in [-0.1, -0.05) is 23.2 Å². The van der Waals surface area contributed by atoms with E-state index in [-0.39, 0.29) is 18.9 Å². The zero-order valence-corrected chi connectivity index (χ0v) is 13.1. The third-order valence-electron chi connectivity index (χ3n) is 2.54. The number of carboxylic acid groups (broad SMARTS) is 1. The quantitative estimate of drug-likeness (QED) is 0.763. The predicted molar refractivity (Wildman–Crippen MR) is 78.7 cm³/mol. The van der Waals surface area contributed by atoms with Gasteiger partial charge in [-0.3, -0.25) is 4.79 Å². The molecule has 1 aromatic heterocycles. The molecule has 1 amide bonds. The predicted octanol–water partition coefficient (Wildman–Crippen LogP) is 2.59. The molecule has 1 heterocycles. The third-order valence-corrected chi connectivity index (χ3v) is 4.11. The number of aryl methyl sites for hydroxylation is 1. The van der Waals surface area contributed by atoms with Gasteiger partial charge < -0.3 is 15.2 Å². The standard InChI is InChI=1S/C12H15Cl2NO4S/c1-19-6-8(12(17)18)15-10(16)4-2-3-7-5-9(13)20-11(7)14/h5,8H,2-4,6H2,1H3,(H,15,16)(H,17,18). The average Bonchev–Trinajstić information content (AvgIpc) is 2.67. The molecule has 1 unspecified atom stereocenters. The van der Waals surface area contributed by atoms with Crippen LogP contribution in [0.15, 0.2) is 6.07 Å². The summed E-state index contributed by atoms with van der Waals surface area (Å²) in [5, 5.41) is 11.3. The molecule has 0 spiro atoms. The van der Waals surface area contributed by atoms with Crippen LogP contribution in [0.5, 0.6) is 0 Å². The number of aliphatic carboxylic acids is 1. The second-order valence-corrected chi connectivity index (χ2v) is 6.40. The van der Waals surface area contributed by atoms with Crippen LogP contribution in [0.25, 0.3) is 0 Å². The van der Waals surface area contributed by atoms with Crippen LogP contribution in [-0.4, -0.2) is 36.7 Å². The summed E-state index contributed by atoms with van der Waals surface area (Å²) in [5.41, 5.74) is 0.904. The van der Waals surface area contributed by atoms with Gasteiger partial charge in [0, 0.05) is 13.5 Å². The van der Waals surface area contributed by atoms with Crippen LogP contribution in [0, 0.1) is 0 Å². The molecule has 0 fully saturated rings. The van der Waals surface area contributed by atoms with Crippen molar-refractivity contribution in [1.82, 2.24) is 5.32 Å². The molecule has 0 aliphatic heterocycles. The van der Waals surface area contributed by atoms with Crippen LogP contribution >= 0.6 is 34.5 Å². The number of thiophene rings is 1. The Bertz CT molecular complexity index is 478. The molecule has 8 heteroatoms. The first-order valence-corrected chi connectivity index (χ1v) is 7.46. The number of ether oxygens (including phenoxy) is 1. The molecule has 5 nitrogen and oxygen atoms in total. The van der Waals surface area contributed by atoms with Gasteiger partial charge in [0.05, 0.1) is 15.3 Å². The summed E-state index contributed by atoms with van der Waals surface area (Å²) < 4.78 is 5.97. The molecule has 2 N–H and O–H groups in total. The van der Waals surface area contributed by atoms with E-state index in [0.717, 1.165) is 5.56 Å². The van der Waals surface area contributed by atoms with Crippen molar-refractivity contribution < 1.29 is 19.4 Å². The molecule has 0 saturated carbocycles. The first-order chi connectivity index (χ1) is 9.43. The van der Waals surface area contributed by atoms with Crippen molar-refractivity contribution in [3.63, 3.8) is 0 Å². The Balaban J connectivity index is 2.36. The normalized spacial score (nSPS) is 12.2. The summed E-state index contributed by atoms with van der Waals surface area (Å²) in [6.45, 7) is -0.0625. The molecule has 0 radical (unpaired) electrons. The van der Waals surface area contributed by atoms with Gasteiger partial charge >= 0.3 is 5.97 Å². The summed E-state index contributed by atoms with van der Waals surface area (Å²) in [7, 11) is 1.38. The second-order valence-electron chi connectivity index (χ2n) is 4.12. The lowest BCUT2D eigenvalue weighted by atomic mass is 10.1. The first kappa shape index (κ1) is 17.2. The Morgan fingerprint density at radius 1 is 1.50 bits per heavy atom. The van der Waals surface area contributed by atoms with Crippen LogP contribution in [0.2, 0.25) is 8.67 Å². The molecule has 1 rings (SSSR count). The fourth-order valence-corrected chi connectivity index (χ4v) is 3.14. The van der Waals surface area contributed by atoms with Crippen LogP contribution in [-0.2, 0) is 20.7 Å². The number of hydrogen-bond donors (Lipinski definition) is 2. The third kappa shape index (κ3) is 5.66. The Hall–Kier alpha value is -0.820. The van der Waals surface area contributed by atoms with Gasteiger partial charge in [-0.25, -0.2) is 4.79 Å². The lowest BCUT2D eigenvalue weighted by molar-refractivity contribution is -0.143. The zero-order valence-electron chi connectivity index (χ0n) is 10.8. The number of carbonyl (C=O) groups is 2. The van der Waals surface area contributed by atoms with E-state index in [1.807, 2.05) is 0 Å². The van der Waals surface area contributed by atoms with E-state index in [4.69, 9.17) is 33.0 Å². The van der Waals surface area contributed by atoms with E-state index in [9.17, 15) is 9.59 Å². The van der Waals surface area contributed by atoms with E-state index in [1.54, 1.807) is 6.07 Å². The summed E-state index contributed by atoms with van der Waals surface area (Å²) in [5.74, 6) is -1.44. The highest BCUT2D eigenvalue weighted by Crippen LogP contribution is 2.31. The lowest BCUT2D eigenvalue weighted by Crippen LogP contribution is -2.43. The fourth-order valence-electron chi connectivity index (χ4n) is 1.59. The van der Waals surface area contributed by atoms with Crippen molar-refractivity contribution in [2.24, 2.45) is 0 Å². The number of rotatable bonds is 8. The van der Waals surface area contributed by atoms with E-state index in [1.165, 1.54) is 18.4 Å². The maximum absolute atomic E-state index is 11.6. The monoisotopic (exact) mass is 339 g/mol. The van der Waals surface area contributed by atoms with Crippen LogP contribution < -0.4 is 5.32 Å². The van der Waals surface area contributed by atoms with Crippen molar-refractivity contribution in [3.05, 3.63) is 20.3 Å². The molecular formula is C12H15Cl2NO4S. The molecule has 0 aromatic carbocycles. The summed E-state index contributed by atoms with van der Waals surface area (Å²) in [6, 6.07) is 0.754. The average molecular weight is 340 g/mol. The Morgan fingerprint density at radius 2 is 2.20 bits per heavy atom. The summed E-state index contributed by atoms with van der Waals surface area (Å²) >= 11 is 13.1. The summed E-state index contributed by atoms with van der Waals surface area (Å²) in [4.78, 5) is 22.5. The molecule has 1 atom stereocenters. The number of halogens is 2. The van der Waals surface area contributed by atoms with Gasteiger partial charge in [-0.2, -0.15) is 0 Å². The maximum atomic E-state index is 11.6. The maximum Gasteiger partial charge on any atom is 0.328 e. The number of nitrogens with one attached hydrogen (secondary N) is 1. The molecule has 112 valence electrons. The molecule has 0 aliphatic rings.